The molecule has 0 aliphatic carbocycles. The molecule has 0 bridgehead atoms. The van der Waals surface area contributed by atoms with Gasteiger partial charge < -0.3 is 5.11 Å². The fraction of sp³-hybridized carbons (Fsp3) is 1.00. The Morgan fingerprint density at radius 2 is 1.95 bits per heavy atom. The molecule has 2 aliphatic rings. The van der Waals surface area contributed by atoms with Crippen LogP contribution >= 0.6 is 0 Å². The molecule has 2 aliphatic heterocycles. The molecule has 0 saturated carbocycles. The van der Waals surface area contributed by atoms with Crippen LogP contribution in [0.15, 0.2) is 0 Å². The maximum Gasteiger partial charge on any atom is 0.218 e. The monoisotopic (exact) mass is 311 g/mol. The van der Waals surface area contributed by atoms with E-state index < -0.39 is 30.7 Å². The van der Waals surface area contributed by atoms with Gasteiger partial charge in [-0.2, -0.15) is 0 Å². The van der Waals surface area contributed by atoms with Gasteiger partial charge in [0, 0.05) is 13.1 Å². The van der Waals surface area contributed by atoms with Gasteiger partial charge >= 0.3 is 0 Å². The molecular weight excluding hydrogens is 290 g/mol. The molecule has 112 valence electrons. The highest BCUT2D eigenvalue weighted by molar-refractivity contribution is 7.95. The molecule has 0 amide bonds. The summed E-state index contributed by atoms with van der Waals surface area (Å²) in [5, 5.41) is 9.16. The average molecular weight is 311 g/mol. The van der Waals surface area contributed by atoms with Gasteiger partial charge in [-0.15, -0.1) is 0 Å². The van der Waals surface area contributed by atoms with E-state index in [1.54, 1.807) is 6.92 Å². The molecule has 2 saturated heterocycles. The predicted molar refractivity (Wildman–Crippen MR) is 72.0 cm³/mol. The van der Waals surface area contributed by atoms with E-state index in [9.17, 15) is 21.9 Å². The van der Waals surface area contributed by atoms with Crippen molar-refractivity contribution in [2.75, 3.05) is 24.6 Å². The van der Waals surface area contributed by atoms with Crippen molar-refractivity contribution >= 4 is 19.9 Å². The molecule has 2 atom stereocenters. The van der Waals surface area contributed by atoms with Gasteiger partial charge in [0.15, 0.2) is 9.84 Å². The first-order valence-corrected chi connectivity index (χ1v) is 9.87. The van der Waals surface area contributed by atoms with Crippen LogP contribution in [0.25, 0.3) is 0 Å². The molecule has 8 heteroatoms. The second kappa shape index (κ2) is 4.98. The number of aliphatic hydroxyl groups is 1. The summed E-state index contributed by atoms with van der Waals surface area (Å²) in [5.41, 5.74) is -0.827. The highest BCUT2D eigenvalue weighted by atomic mass is 32.2. The van der Waals surface area contributed by atoms with Crippen LogP contribution in [0.3, 0.4) is 0 Å². The highest BCUT2D eigenvalue weighted by Gasteiger charge is 2.41. The summed E-state index contributed by atoms with van der Waals surface area (Å²) in [6.45, 7) is 2.35. The van der Waals surface area contributed by atoms with Crippen molar-refractivity contribution in [3.05, 3.63) is 0 Å². The largest absolute Gasteiger partial charge is 0.390 e. The Morgan fingerprint density at radius 3 is 2.53 bits per heavy atom. The van der Waals surface area contributed by atoms with Crippen molar-refractivity contribution in [3.8, 4) is 0 Å². The zero-order chi connectivity index (χ0) is 14.3. The Balaban J connectivity index is 2.12. The third-order valence-corrected chi connectivity index (χ3v) is 8.30. The second-order valence-electron chi connectivity index (χ2n) is 5.82. The number of sulfone groups is 1. The number of hydrogen-bond acceptors (Lipinski definition) is 5. The lowest BCUT2D eigenvalue weighted by molar-refractivity contribution is 0.0465. The van der Waals surface area contributed by atoms with Crippen molar-refractivity contribution in [2.45, 2.75) is 43.5 Å². The van der Waals surface area contributed by atoms with Crippen molar-refractivity contribution in [1.82, 2.24) is 4.31 Å². The van der Waals surface area contributed by atoms with Gasteiger partial charge in [-0.1, -0.05) is 0 Å². The number of hydrogen-bond donors (Lipinski definition) is 1. The van der Waals surface area contributed by atoms with E-state index in [2.05, 4.69) is 0 Å². The SMILES string of the molecule is CC1(O)CCCN(S(=O)(=O)C2CCS(=O)(=O)C2)CC1. The molecule has 2 heterocycles. The van der Waals surface area contributed by atoms with Crippen molar-refractivity contribution in [1.29, 1.82) is 0 Å². The van der Waals surface area contributed by atoms with E-state index in [4.69, 9.17) is 0 Å². The second-order valence-corrected chi connectivity index (χ2v) is 10.3. The Morgan fingerprint density at radius 1 is 1.26 bits per heavy atom. The topological polar surface area (TPSA) is 91.8 Å². The number of rotatable bonds is 2. The van der Waals surface area contributed by atoms with E-state index in [0.717, 1.165) is 0 Å². The fourth-order valence-corrected chi connectivity index (χ4v) is 7.27. The minimum Gasteiger partial charge on any atom is -0.390 e. The van der Waals surface area contributed by atoms with Crippen LogP contribution in [0.2, 0.25) is 0 Å². The molecule has 0 radical (unpaired) electrons. The Hall–Kier alpha value is -0.180. The van der Waals surface area contributed by atoms with Crippen LogP contribution in [0.4, 0.5) is 0 Å². The van der Waals surface area contributed by atoms with Crippen LogP contribution in [-0.2, 0) is 19.9 Å². The Kier molecular flexibility index (Phi) is 3.99. The van der Waals surface area contributed by atoms with E-state index in [-0.39, 0.29) is 24.5 Å². The van der Waals surface area contributed by atoms with Crippen molar-refractivity contribution in [2.24, 2.45) is 0 Å². The van der Waals surface area contributed by atoms with Crippen LogP contribution in [0.5, 0.6) is 0 Å². The molecular formula is C11H21NO5S2. The van der Waals surface area contributed by atoms with Gasteiger partial charge in [0.2, 0.25) is 10.0 Å². The van der Waals surface area contributed by atoms with E-state index >= 15 is 0 Å². The minimum absolute atomic E-state index is 0.0392. The molecule has 0 aromatic carbocycles. The zero-order valence-electron chi connectivity index (χ0n) is 11.1. The van der Waals surface area contributed by atoms with E-state index in [1.165, 1.54) is 4.31 Å². The van der Waals surface area contributed by atoms with Gasteiger partial charge in [-0.3, -0.25) is 0 Å². The van der Waals surface area contributed by atoms with E-state index in [0.29, 0.717) is 25.8 Å². The van der Waals surface area contributed by atoms with Crippen LogP contribution < -0.4 is 0 Å². The normalized spacial score (nSPS) is 37.1. The molecule has 2 unspecified atom stereocenters. The maximum absolute atomic E-state index is 12.4. The molecule has 1 N–H and O–H groups in total. The van der Waals surface area contributed by atoms with Crippen LogP contribution in [0, 0.1) is 0 Å². The summed E-state index contributed by atoms with van der Waals surface area (Å²) in [6.07, 6.45) is 1.76. The third kappa shape index (κ3) is 3.48. The lowest BCUT2D eigenvalue weighted by Gasteiger charge is -2.24. The molecule has 0 spiro atoms. The first-order valence-electron chi connectivity index (χ1n) is 6.54. The molecule has 19 heavy (non-hydrogen) atoms. The molecule has 0 aromatic heterocycles. The number of sulfonamides is 1. The maximum atomic E-state index is 12.4. The van der Waals surface area contributed by atoms with Crippen LogP contribution in [0.1, 0.15) is 32.6 Å². The zero-order valence-corrected chi connectivity index (χ0v) is 12.7. The van der Waals surface area contributed by atoms with Crippen LogP contribution in [-0.4, -0.2) is 61.7 Å². The molecule has 2 fully saturated rings. The first kappa shape index (κ1) is 15.2. The summed E-state index contributed by atoms with van der Waals surface area (Å²) in [4.78, 5) is 0. The molecule has 6 nitrogen and oxygen atoms in total. The number of nitrogens with zero attached hydrogens (tertiary/aromatic N) is 1. The van der Waals surface area contributed by atoms with E-state index in [1.807, 2.05) is 0 Å². The summed E-state index contributed by atoms with van der Waals surface area (Å²) in [5.74, 6) is -0.301. The van der Waals surface area contributed by atoms with Gasteiger partial charge in [-0.05, 0) is 32.6 Å². The van der Waals surface area contributed by atoms with Crippen molar-refractivity contribution < 1.29 is 21.9 Å². The Labute approximate surface area is 114 Å². The standard InChI is InChI=1S/C11H21NO5S2/c1-11(13)4-2-6-12(7-5-11)19(16,17)10-3-8-18(14,15)9-10/h10,13H,2-9H2,1H3. The predicted octanol–water partition coefficient (Wildman–Crippen LogP) is -0.260. The quantitative estimate of drug-likeness (QED) is 0.758. The first-order chi connectivity index (χ1) is 8.62. The average Bonchev–Trinajstić information content (AvgIpc) is 2.53. The molecule has 2 rings (SSSR count). The summed E-state index contributed by atoms with van der Waals surface area (Å²) >= 11 is 0. The van der Waals surface area contributed by atoms with Gasteiger partial charge in [0.1, 0.15) is 0 Å². The summed E-state index contributed by atoms with van der Waals surface area (Å²) < 4.78 is 49.0. The third-order valence-electron chi connectivity index (χ3n) is 3.99. The Bertz CT molecular complexity index is 537. The smallest absolute Gasteiger partial charge is 0.218 e. The minimum atomic E-state index is -3.56. The molecule has 0 aromatic rings. The van der Waals surface area contributed by atoms with Crippen molar-refractivity contribution in [3.63, 3.8) is 0 Å². The highest BCUT2D eigenvalue weighted by Crippen LogP contribution is 2.27. The lowest BCUT2D eigenvalue weighted by atomic mass is 9.98. The van der Waals surface area contributed by atoms with Gasteiger partial charge in [0.05, 0.1) is 22.4 Å². The summed E-state index contributed by atoms with van der Waals surface area (Å²) in [7, 11) is -6.77. The fourth-order valence-electron chi connectivity index (χ4n) is 2.70. The van der Waals surface area contributed by atoms with Gasteiger partial charge in [-0.25, -0.2) is 21.1 Å². The lowest BCUT2D eigenvalue weighted by Crippen LogP contribution is -2.40. The van der Waals surface area contributed by atoms with Gasteiger partial charge in [0.25, 0.3) is 0 Å². The summed E-state index contributed by atoms with van der Waals surface area (Å²) in [6, 6.07) is 0.